The SMILES string of the molecule is O=C(COc1ccccc1/C=N\NC(=O)C(=O)NCc1ccccc1)Nc1ccccc1C(F)(F)F. The van der Waals surface area contributed by atoms with Gasteiger partial charge >= 0.3 is 18.0 Å². The molecule has 8 nitrogen and oxygen atoms in total. The molecule has 0 radical (unpaired) electrons. The topological polar surface area (TPSA) is 109 Å². The number of nitrogens with one attached hydrogen (secondary N) is 3. The molecule has 0 bridgehead atoms. The molecule has 186 valence electrons. The first kappa shape index (κ1) is 25.9. The van der Waals surface area contributed by atoms with Gasteiger partial charge in [0.1, 0.15) is 5.75 Å². The number of halogens is 3. The Morgan fingerprint density at radius 2 is 1.53 bits per heavy atom. The Kier molecular flexibility index (Phi) is 8.76. The number of carbonyl (C=O) groups excluding carboxylic acids is 3. The predicted molar refractivity (Wildman–Crippen MR) is 126 cm³/mol. The number of benzene rings is 3. The van der Waals surface area contributed by atoms with Gasteiger partial charge in [-0.25, -0.2) is 5.43 Å². The van der Waals surface area contributed by atoms with Crippen LogP contribution >= 0.6 is 0 Å². The summed E-state index contributed by atoms with van der Waals surface area (Å²) in [5.41, 5.74) is 1.90. The summed E-state index contributed by atoms with van der Waals surface area (Å²) in [7, 11) is 0. The summed E-state index contributed by atoms with van der Waals surface area (Å²) in [5, 5.41) is 8.36. The van der Waals surface area contributed by atoms with Gasteiger partial charge in [0.2, 0.25) is 0 Å². The molecule has 11 heteroatoms. The largest absolute Gasteiger partial charge is 0.483 e. The Morgan fingerprint density at radius 3 is 2.28 bits per heavy atom. The van der Waals surface area contributed by atoms with Crippen LogP contribution in [0.2, 0.25) is 0 Å². The first-order valence-electron chi connectivity index (χ1n) is 10.6. The molecule has 0 spiro atoms. The number of hydrazone groups is 1. The highest BCUT2D eigenvalue weighted by molar-refractivity contribution is 6.35. The number of ether oxygens (including phenoxy) is 1. The molecular weight excluding hydrogens is 477 g/mol. The highest BCUT2D eigenvalue weighted by atomic mass is 19.4. The second-order valence-electron chi connectivity index (χ2n) is 7.29. The van der Waals surface area contributed by atoms with E-state index in [9.17, 15) is 27.6 Å². The Balaban J connectivity index is 1.53. The van der Waals surface area contributed by atoms with E-state index < -0.39 is 36.1 Å². The van der Waals surface area contributed by atoms with E-state index in [4.69, 9.17) is 4.74 Å². The van der Waals surface area contributed by atoms with Crippen LogP contribution in [0.15, 0.2) is 84.0 Å². The molecule has 0 atom stereocenters. The van der Waals surface area contributed by atoms with Gasteiger partial charge in [0, 0.05) is 12.1 Å². The fourth-order valence-corrected chi connectivity index (χ4v) is 2.96. The molecule has 3 aromatic carbocycles. The normalized spacial score (nSPS) is 11.1. The lowest BCUT2D eigenvalue weighted by molar-refractivity contribution is -0.139. The second-order valence-corrected chi connectivity index (χ2v) is 7.29. The third-order valence-electron chi connectivity index (χ3n) is 4.66. The van der Waals surface area contributed by atoms with Gasteiger partial charge in [-0.3, -0.25) is 14.4 Å². The summed E-state index contributed by atoms with van der Waals surface area (Å²) in [6.45, 7) is -0.408. The van der Waals surface area contributed by atoms with Gasteiger partial charge in [0.15, 0.2) is 6.61 Å². The lowest BCUT2D eigenvalue weighted by Crippen LogP contribution is -2.37. The molecule has 0 aliphatic carbocycles. The van der Waals surface area contributed by atoms with Crippen molar-refractivity contribution in [1.29, 1.82) is 0 Å². The Morgan fingerprint density at radius 1 is 0.861 bits per heavy atom. The van der Waals surface area contributed by atoms with Crippen molar-refractivity contribution >= 4 is 29.6 Å². The van der Waals surface area contributed by atoms with E-state index in [0.29, 0.717) is 5.56 Å². The second kappa shape index (κ2) is 12.2. The summed E-state index contributed by atoms with van der Waals surface area (Å²) in [5.74, 6) is -2.48. The molecule has 0 heterocycles. The van der Waals surface area contributed by atoms with Crippen LogP contribution in [-0.2, 0) is 27.1 Å². The van der Waals surface area contributed by atoms with Crippen molar-refractivity contribution in [2.45, 2.75) is 12.7 Å². The van der Waals surface area contributed by atoms with Crippen LogP contribution in [0.5, 0.6) is 5.75 Å². The van der Waals surface area contributed by atoms with Gasteiger partial charge in [-0.1, -0.05) is 54.6 Å². The van der Waals surface area contributed by atoms with Gasteiger partial charge < -0.3 is 15.4 Å². The number of alkyl halides is 3. The van der Waals surface area contributed by atoms with E-state index in [-0.39, 0.29) is 18.0 Å². The van der Waals surface area contributed by atoms with Gasteiger partial charge in [0.25, 0.3) is 5.91 Å². The van der Waals surface area contributed by atoms with Crippen LogP contribution in [0.4, 0.5) is 18.9 Å². The van der Waals surface area contributed by atoms with E-state index in [1.807, 2.05) is 6.07 Å². The fraction of sp³-hybridized carbons (Fsp3) is 0.120. The zero-order valence-corrected chi connectivity index (χ0v) is 18.7. The molecule has 36 heavy (non-hydrogen) atoms. The average molecular weight is 498 g/mol. The lowest BCUT2D eigenvalue weighted by atomic mass is 10.1. The number of nitrogens with zero attached hydrogens (tertiary/aromatic N) is 1. The van der Waals surface area contributed by atoms with Crippen molar-refractivity contribution in [3.05, 3.63) is 95.6 Å². The molecule has 0 fully saturated rings. The number of rotatable bonds is 8. The molecule has 0 saturated heterocycles. The molecule has 3 N–H and O–H groups in total. The Bertz CT molecular complexity index is 1250. The number of para-hydroxylation sites is 2. The van der Waals surface area contributed by atoms with Crippen molar-refractivity contribution in [1.82, 2.24) is 10.7 Å². The van der Waals surface area contributed by atoms with Crippen molar-refractivity contribution in [2.75, 3.05) is 11.9 Å². The minimum atomic E-state index is -4.63. The smallest absolute Gasteiger partial charge is 0.418 e. The lowest BCUT2D eigenvalue weighted by Gasteiger charge is -2.14. The van der Waals surface area contributed by atoms with E-state index in [1.165, 1.54) is 24.4 Å². The van der Waals surface area contributed by atoms with Gasteiger partial charge in [0.05, 0.1) is 17.5 Å². The minimum Gasteiger partial charge on any atom is -0.483 e. The molecule has 0 aliphatic rings. The average Bonchev–Trinajstić information content (AvgIpc) is 2.87. The van der Waals surface area contributed by atoms with Crippen LogP contribution < -0.4 is 20.8 Å². The van der Waals surface area contributed by atoms with Gasteiger partial charge in [-0.2, -0.15) is 18.3 Å². The fourth-order valence-electron chi connectivity index (χ4n) is 2.96. The van der Waals surface area contributed by atoms with Crippen molar-refractivity contribution in [2.24, 2.45) is 5.10 Å². The van der Waals surface area contributed by atoms with Gasteiger partial charge in [-0.15, -0.1) is 0 Å². The maximum absolute atomic E-state index is 13.1. The number of hydrogen-bond donors (Lipinski definition) is 3. The van der Waals surface area contributed by atoms with Crippen LogP contribution in [-0.4, -0.2) is 30.5 Å². The zero-order chi connectivity index (χ0) is 26.0. The van der Waals surface area contributed by atoms with Crippen molar-refractivity contribution in [3.63, 3.8) is 0 Å². The number of hydrogen-bond acceptors (Lipinski definition) is 5. The van der Waals surface area contributed by atoms with E-state index in [0.717, 1.165) is 17.7 Å². The number of amides is 3. The van der Waals surface area contributed by atoms with E-state index >= 15 is 0 Å². The Labute approximate surface area is 204 Å². The summed E-state index contributed by atoms with van der Waals surface area (Å²) >= 11 is 0. The summed E-state index contributed by atoms with van der Waals surface area (Å²) in [6, 6.07) is 19.9. The minimum absolute atomic E-state index is 0.170. The predicted octanol–water partition coefficient (Wildman–Crippen LogP) is 3.49. The van der Waals surface area contributed by atoms with Crippen LogP contribution in [0.25, 0.3) is 0 Å². The molecule has 0 aromatic heterocycles. The summed E-state index contributed by atoms with van der Waals surface area (Å²) in [6.07, 6.45) is -3.43. The monoisotopic (exact) mass is 498 g/mol. The molecular formula is C25H21F3N4O4. The molecule has 3 aromatic rings. The van der Waals surface area contributed by atoms with E-state index in [1.54, 1.807) is 42.5 Å². The van der Waals surface area contributed by atoms with Crippen molar-refractivity contribution < 1.29 is 32.3 Å². The quantitative estimate of drug-likeness (QED) is 0.251. The van der Waals surface area contributed by atoms with Crippen LogP contribution in [0.1, 0.15) is 16.7 Å². The van der Waals surface area contributed by atoms with Crippen LogP contribution in [0.3, 0.4) is 0 Å². The number of anilines is 1. The zero-order valence-electron chi connectivity index (χ0n) is 18.7. The van der Waals surface area contributed by atoms with E-state index in [2.05, 4.69) is 21.2 Å². The molecule has 3 rings (SSSR count). The first-order chi connectivity index (χ1) is 17.2. The molecule has 0 saturated carbocycles. The van der Waals surface area contributed by atoms with Crippen molar-refractivity contribution in [3.8, 4) is 5.75 Å². The maximum atomic E-state index is 13.1. The highest BCUT2D eigenvalue weighted by Crippen LogP contribution is 2.34. The van der Waals surface area contributed by atoms with Crippen LogP contribution in [0, 0.1) is 0 Å². The first-order valence-corrected chi connectivity index (χ1v) is 10.6. The molecule has 0 aliphatic heterocycles. The third-order valence-corrected chi connectivity index (χ3v) is 4.66. The molecule has 3 amide bonds. The summed E-state index contributed by atoms with van der Waals surface area (Å²) < 4.78 is 44.7. The van der Waals surface area contributed by atoms with Gasteiger partial charge in [-0.05, 0) is 29.8 Å². The summed E-state index contributed by atoms with van der Waals surface area (Å²) in [4.78, 5) is 36.0. The Hall–Kier alpha value is -4.67. The number of carbonyl (C=O) groups is 3. The maximum Gasteiger partial charge on any atom is 0.418 e. The highest BCUT2D eigenvalue weighted by Gasteiger charge is 2.33. The third kappa shape index (κ3) is 7.69. The standard InChI is InChI=1S/C25H21F3N4O4/c26-25(27,28)19-11-5-6-12-20(19)31-22(33)16-36-21-13-7-4-10-18(21)15-30-32-24(35)23(34)29-14-17-8-2-1-3-9-17/h1-13,15H,14,16H2,(H,29,34)(H,31,33)(H,32,35)/b30-15-. The molecule has 0 unspecified atom stereocenters.